The normalized spacial score (nSPS) is 10.8. The molecule has 0 bridgehead atoms. The number of benzene rings is 1. The van der Waals surface area contributed by atoms with Gasteiger partial charge in [-0.1, -0.05) is 0 Å². The maximum absolute atomic E-state index is 13.5. The smallest absolute Gasteiger partial charge is 0.271 e. The Balaban J connectivity index is 2.49. The zero-order valence-electron chi connectivity index (χ0n) is 9.04. The van der Waals surface area contributed by atoms with E-state index in [1.165, 1.54) is 19.2 Å². The highest BCUT2D eigenvalue weighted by Gasteiger charge is 2.10. The van der Waals surface area contributed by atoms with E-state index in [0.717, 1.165) is 16.8 Å². The molecule has 0 amide bonds. The van der Waals surface area contributed by atoms with E-state index in [0.29, 0.717) is 5.69 Å². The fourth-order valence-corrected chi connectivity index (χ4v) is 1.52. The molecule has 0 atom stereocenters. The van der Waals surface area contributed by atoms with Crippen molar-refractivity contribution in [3.63, 3.8) is 0 Å². The van der Waals surface area contributed by atoms with Crippen LogP contribution in [0.25, 0.3) is 5.69 Å². The minimum Gasteiger partial charge on any atom is -0.378 e. The Morgan fingerprint density at radius 3 is 2.76 bits per heavy atom. The third-order valence-corrected chi connectivity index (χ3v) is 2.22. The maximum Gasteiger partial charge on any atom is 0.271 e. The molecule has 2 rings (SSSR count). The summed E-state index contributed by atoms with van der Waals surface area (Å²) in [4.78, 5) is 11.6. The Kier molecular flexibility index (Phi) is 3.06. The van der Waals surface area contributed by atoms with Gasteiger partial charge in [0.15, 0.2) is 5.82 Å². The molecule has 0 aliphatic heterocycles. The number of rotatable bonds is 3. The van der Waals surface area contributed by atoms with Gasteiger partial charge in [0, 0.05) is 19.2 Å². The van der Waals surface area contributed by atoms with Crippen LogP contribution >= 0.6 is 0 Å². The summed E-state index contributed by atoms with van der Waals surface area (Å²) >= 11 is 0. The number of hydrogen-bond donors (Lipinski definition) is 1. The minimum atomic E-state index is -0.807. The zero-order valence-corrected chi connectivity index (χ0v) is 9.04. The highest BCUT2D eigenvalue weighted by atomic mass is 19.1. The maximum atomic E-state index is 13.5. The largest absolute Gasteiger partial charge is 0.378 e. The highest BCUT2D eigenvalue weighted by molar-refractivity contribution is 5.33. The third-order valence-electron chi connectivity index (χ3n) is 2.22. The number of aromatic nitrogens is 2. The van der Waals surface area contributed by atoms with Gasteiger partial charge in [0.25, 0.3) is 5.56 Å². The van der Waals surface area contributed by atoms with Gasteiger partial charge < -0.3 is 4.74 Å². The van der Waals surface area contributed by atoms with Crippen molar-refractivity contribution in [1.82, 2.24) is 9.78 Å². The molecule has 1 aromatic carbocycles. The lowest BCUT2D eigenvalue weighted by atomic mass is 10.3. The van der Waals surface area contributed by atoms with Crippen LogP contribution in [-0.2, 0) is 11.3 Å². The van der Waals surface area contributed by atoms with E-state index in [1.807, 2.05) is 0 Å². The molecule has 0 saturated carbocycles. The summed E-state index contributed by atoms with van der Waals surface area (Å²) in [7, 11) is 1.48. The molecule has 17 heavy (non-hydrogen) atoms. The van der Waals surface area contributed by atoms with Crippen LogP contribution in [0.1, 0.15) is 5.69 Å². The summed E-state index contributed by atoms with van der Waals surface area (Å²) in [5, 5.41) is 2.68. The van der Waals surface area contributed by atoms with Crippen LogP contribution < -0.4 is 5.56 Å². The van der Waals surface area contributed by atoms with Gasteiger partial charge in [0.1, 0.15) is 11.5 Å². The summed E-state index contributed by atoms with van der Waals surface area (Å²) < 4.78 is 32.0. The number of halogens is 2. The van der Waals surface area contributed by atoms with E-state index < -0.39 is 17.2 Å². The highest BCUT2D eigenvalue weighted by Crippen LogP contribution is 2.12. The summed E-state index contributed by atoms with van der Waals surface area (Å²) in [5.74, 6) is -1.50. The molecule has 1 N–H and O–H groups in total. The number of aromatic amines is 1. The van der Waals surface area contributed by atoms with Gasteiger partial charge in [-0.3, -0.25) is 9.89 Å². The van der Waals surface area contributed by atoms with Gasteiger partial charge in [-0.15, -0.1) is 0 Å². The van der Waals surface area contributed by atoms with Crippen molar-refractivity contribution in [2.24, 2.45) is 0 Å². The van der Waals surface area contributed by atoms with E-state index in [2.05, 4.69) is 5.10 Å². The van der Waals surface area contributed by atoms with Crippen LogP contribution in [-0.4, -0.2) is 16.9 Å². The number of nitrogens with zero attached hydrogens (tertiary/aromatic N) is 1. The van der Waals surface area contributed by atoms with Crippen molar-refractivity contribution in [3.05, 3.63) is 51.9 Å². The second kappa shape index (κ2) is 4.50. The Hall–Kier alpha value is -1.95. The summed E-state index contributed by atoms with van der Waals surface area (Å²) in [5.41, 5.74) is 0.0579. The van der Waals surface area contributed by atoms with Crippen LogP contribution in [0, 0.1) is 11.6 Å². The van der Waals surface area contributed by atoms with Crippen molar-refractivity contribution in [3.8, 4) is 5.69 Å². The van der Waals surface area contributed by atoms with E-state index in [1.54, 1.807) is 0 Å². The molecule has 90 valence electrons. The summed E-state index contributed by atoms with van der Waals surface area (Å²) in [6.07, 6.45) is 0. The minimum absolute atomic E-state index is 0.0289. The lowest BCUT2D eigenvalue weighted by molar-refractivity contribution is 0.181. The number of hydrogen-bond acceptors (Lipinski definition) is 2. The molecular weight excluding hydrogens is 230 g/mol. The number of H-pyrrole nitrogens is 1. The molecule has 0 spiro atoms. The Morgan fingerprint density at radius 2 is 2.12 bits per heavy atom. The second-order valence-electron chi connectivity index (χ2n) is 3.48. The molecule has 6 heteroatoms. The standard InChI is InChI=1S/C11H10F2N2O2/c1-17-6-8-5-11(16)15(14-8)10-3-2-7(12)4-9(10)13/h2-5,14H,6H2,1H3. The number of nitrogens with one attached hydrogen (secondary N) is 1. The average Bonchev–Trinajstić information content (AvgIpc) is 2.60. The molecule has 1 aromatic heterocycles. The predicted octanol–water partition coefficient (Wildman–Crippen LogP) is 1.59. The van der Waals surface area contributed by atoms with Gasteiger partial charge in [-0.05, 0) is 12.1 Å². The summed E-state index contributed by atoms with van der Waals surface area (Å²) in [6.45, 7) is 0.213. The second-order valence-corrected chi connectivity index (χ2v) is 3.48. The molecular formula is C11H10F2N2O2. The Morgan fingerprint density at radius 1 is 1.35 bits per heavy atom. The van der Waals surface area contributed by atoms with Crippen LogP contribution in [0.4, 0.5) is 8.78 Å². The van der Waals surface area contributed by atoms with Crippen LogP contribution in [0.15, 0.2) is 29.1 Å². The first-order valence-electron chi connectivity index (χ1n) is 4.87. The molecule has 0 radical (unpaired) electrons. The molecule has 0 aliphatic carbocycles. The van der Waals surface area contributed by atoms with Crippen LogP contribution in [0.2, 0.25) is 0 Å². The third kappa shape index (κ3) is 2.26. The molecule has 0 fully saturated rings. The molecule has 0 unspecified atom stereocenters. The fraction of sp³-hybridized carbons (Fsp3) is 0.182. The van der Waals surface area contributed by atoms with Crippen molar-refractivity contribution in [2.45, 2.75) is 6.61 Å². The Labute approximate surface area is 95.4 Å². The van der Waals surface area contributed by atoms with Gasteiger partial charge in [0.05, 0.1) is 12.3 Å². The predicted molar refractivity (Wildman–Crippen MR) is 57.0 cm³/mol. The van der Waals surface area contributed by atoms with Crippen molar-refractivity contribution in [1.29, 1.82) is 0 Å². The quantitative estimate of drug-likeness (QED) is 0.885. The SMILES string of the molecule is COCc1cc(=O)n(-c2ccc(F)cc2F)[nH]1. The van der Waals surface area contributed by atoms with E-state index in [-0.39, 0.29) is 12.3 Å². The summed E-state index contributed by atoms with van der Waals surface area (Å²) in [6, 6.07) is 4.30. The lowest BCUT2D eigenvalue weighted by Crippen LogP contribution is -2.15. The number of ether oxygens (including phenoxy) is 1. The van der Waals surface area contributed by atoms with E-state index in [4.69, 9.17) is 4.74 Å². The van der Waals surface area contributed by atoms with Gasteiger partial charge in [-0.25, -0.2) is 13.5 Å². The van der Waals surface area contributed by atoms with Crippen molar-refractivity contribution >= 4 is 0 Å². The van der Waals surface area contributed by atoms with Gasteiger partial charge in [-0.2, -0.15) is 0 Å². The topological polar surface area (TPSA) is 47.0 Å². The zero-order chi connectivity index (χ0) is 12.4. The van der Waals surface area contributed by atoms with Crippen LogP contribution in [0.5, 0.6) is 0 Å². The molecule has 0 aliphatic rings. The van der Waals surface area contributed by atoms with Crippen LogP contribution in [0.3, 0.4) is 0 Å². The lowest BCUT2D eigenvalue weighted by Gasteiger charge is -2.03. The van der Waals surface area contributed by atoms with Crippen molar-refractivity contribution in [2.75, 3.05) is 7.11 Å². The molecule has 1 heterocycles. The Bertz CT molecular complexity index is 589. The average molecular weight is 240 g/mol. The first-order valence-corrected chi connectivity index (χ1v) is 4.87. The van der Waals surface area contributed by atoms with E-state index >= 15 is 0 Å². The number of methoxy groups -OCH3 is 1. The van der Waals surface area contributed by atoms with Gasteiger partial charge in [0.2, 0.25) is 0 Å². The first kappa shape index (κ1) is 11.5. The molecule has 0 saturated heterocycles. The van der Waals surface area contributed by atoms with Gasteiger partial charge >= 0.3 is 0 Å². The molecule has 4 nitrogen and oxygen atoms in total. The van der Waals surface area contributed by atoms with E-state index in [9.17, 15) is 13.6 Å². The fourth-order valence-electron chi connectivity index (χ4n) is 1.52. The molecule has 2 aromatic rings. The monoisotopic (exact) mass is 240 g/mol. The van der Waals surface area contributed by atoms with Crippen molar-refractivity contribution < 1.29 is 13.5 Å². The first-order chi connectivity index (χ1) is 8.11.